The molecule has 0 radical (unpaired) electrons. The number of ketones is 2. The fourth-order valence-electron chi connectivity index (χ4n) is 7.33. The van der Waals surface area contributed by atoms with Gasteiger partial charge in [0.25, 0.3) is 0 Å². The Bertz CT molecular complexity index is 1100. The minimum atomic E-state index is -5.40. The lowest BCUT2D eigenvalue weighted by molar-refractivity contribution is -0.248. The summed E-state index contributed by atoms with van der Waals surface area (Å²) in [5, 5.41) is 11.6. The zero-order chi connectivity index (χ0) is 27.6. The summed E-state index contributed by atoms with van der Waals surface area (Å²) in [5.41, 5.74) is -7.28. The average molecular weight is 531 g/mol. The zero-order valence-electron chi connectivity index (χ0n) is 20.8. The minimum absolute atomic E-state index is 0.00201. The molecule has 7 atom stereocenters. The van der Waals surface area contributed by atoms with Gasteiger partial charge in [-0.2, -0.15) is 13.2 Å². The van der Waals surface area contributed by atoms with Crippen molar-refractivity contribution in [2.24, 2.45) is 22.7 Å². The van der Waals surface area contributed by atoms with E-state index in [4.69, 9.17) is 9.47 Å². The van der Waals surface area contributed by atoms with Crippen molar-refractivity contribution in [2.45, 2.75) is 82.8 Å². The third-order valence-electron chi connectivity index (χ3n) is 9.36. The van der Waals surface area contributed by atoms with E-state index < -0.39 is 77.0 Å². The second-order valence-corrected chi connectivity index (χ2v) is 11.0. The van der Waals surface area contributed by atoms with E-state index in [1.165, 1.54) is 32.9 Å². The van der Waals surface area contributed by atoms with Crippen LogP contribution in [0.1, 0.15) is 59.3 Å². The first kappa shape index (κ1) is 27.5. The van der Waals surface area contributed by atoms with Crippen LogP contribution in [0.3, 0.4) is 0 Å². The molecule has 37 heavy (non-hydrogen) atoms. The number of aliphatic hydroxyl groups is 1. The summed E-state index contributed by atoms with van der Waals surface area (Å²) in [4.78, 5) is 48.7. The van der Waals surface area contributed by atoms with Gasteiger partial charge in [0, 0.05) is 23.2 Å². The van der Waals surface area contributed by atoms with Gasteiger partial charge >= 0.3 is 18.1 Å². The number of rotatable bonds is 5. The summed E-state index contributed by atoms with van der Waals surface area (Å²) in [7, 11) is 0. The van der Waals surface area contributed by atoms with Crippen molar-refractivity contribution in [1.82, 2.24) is 0 Å². The Kier molecular flexibility index (Phi) is 6.49. The van der Waals surface area contributed by atoms with Crippen molar-refractivity contribution < 1.29 is 51.3 Å². The molecule has 3 saturated carbocycles. The van der Waals surface area contributed by atoms with Crippen LogP contribution in [0.2, 0.25) is 0 Å². The predicted octanol–water partition coefficient (Wildman–Crippen LogP) is 3.72. The molecule has 0 aromatic carbocycles. The summed E-state index contributed by atoms with van der Waals surface area (Å²) in [6.45, 7) is 3.75. The fraction of sp³-hybridized carbons (Fsp3) is 0.692. The van der Waals surface area contributed by atoms with E-state index in [0.29, 0.717) is 5.57 Å². The summed E-state index contributed by atoms with van der Waals surface area (Å²) < 4.78 is 67.1. The van der Waals surface area contributed by atoms with Crippen LogP contribution in [-0.4, -0.2) is 58.8 Å². The highest BCUT2D eigenvalue weighted by atomic mass is 19.4. The molecule has 0 aliphatic heterocycles. The van der Waals surface area contributed by atoms with E-state index >= 15 is 4.39 Å². The van der Waals surface area contributed by atoms with Crippen molar-refractivity contribution in [3.8, 4) is 0 Å². The Morgan fingerprint density at radius 1 is 1.16 bits per heavy atom. The molecule has 0 amide bonds. The molecule has 11 heteroatoms. The smallest absolute Gasteiger partial charge is 0.458 e. The van der Waals surface area contributed by atoms with Crippen LogP contribution in [0.15, 0.2) is 23.8 Å². The van der Waals surface area contributed by atoms with Crippen molar-refractivity contribution in [3.05, 3.63) is 23.8 Å². The van der Waals surface area contributed by atoms with Crippen LogP contribution in [0.5, 0.6) is 0 Å². The second kappa shape index (κ2) is 8.74. The molecule has 0 aromatic heterocycles. The monoisotopic (exact) mass is 530 g/mol. The Morgan fingerprint density at radius 3 is 2.46 bits per heavy atom. The van der Waals surface area contributed by atoms with Gasteiger partial charge in [0.15, 0.2) is 18.1 Å². The highest BCUT2D eigenvalue weighted by molar-refractivity contribution is 6.01. The standard InChI is InChI=1S/C26H30F4O7/c1-4-20(33)36-13-18(32)24(35)10-8-16-17-6-5-14-11-15(31)7-9-22(14,2)25(17,27)19(12-23(16,24)3)37-21(34)26(28,29)30/h7,9,11,16-17,19,35H,4-6,8,10,12-13H2,1-3H3/t16-,17-,19?,22-,23-,24-,25-/m0/s1. The molecule has 1 unspecified atom stereocenters. The molecule has 1 N–H and O–H groups in total. The highest BCUT2D eigenvalue weighted by Crippen LogP contribution is 2.70. The number of fused-ring (bicyclic) bond motifs is 5. The van der Waals surface area contributed by atoms with Crippen LogP contribution >= 0.6 is 0 Å². The molecule has 0 spiro atoms. The molecular weight excluding hydrogens is 500 g/mol. The van der Waals surface area contributed by atoms with Gasteiger partial charge in [-0.3, -0.25) is 14.4 Å². The Balaban J connectivity index is 1.79. The maximum Gasteiger partial charge on any atom is 0.490 e. The molecule has 4 aliphatic rings. The Morgan fingerprint density at radius 2 is 1.84 bits per heavy atom. The number of halogens is 4. The number of ether oxygens (including phenoxy) is 2. The van der Waals surface area contributed by atoms with Gasteiger partial charge in [0.2, 0.25) is 5.78 Å². The number of esters is 2. The van der Waals surface area contributed by atoms with Crippen LogP contribution < -0.4 is 0 Å². The van der Waals surface area contributed by atoms with Crippen molar-refractivity contribution in [1.29, 1.82) is 0 Å². The average Bonchev–Trinajstić information content (AvgIpc) is 3.09. The van der Waals surface area contributed by atoms with Gasteiger partial charge in [0.05, 0.1) is 0 Å². The minimum Gasteiger partial charge on any atom is -0.458 e. The number of alkyl halides is 4. The summed E-state index contributed by atoms with van der Waals surface area (Å²) in [6.07, 6.45) is -3.73. The van der Waals surface area contributed by atoms with Crippen LogP contribution in [-0.2, 0) is 28.7 Å². The van der Waals surface area contributed by atoms with Gasteiger partial charge in [0.1, 0.15) is 11.7 Å². The molecule has 4 aliphatic carbocycles. The van der Waals surface area contributed by atoms with E-state index in [1.54, 1.807) is 0 Å². The lowest BCUT2D eigenvalue weighted by Crippen LogP contribution is -2.70. The first-order chi connectivity index (χ1) is 17.0. The number of allylic oxidation sites excluding steroid dienone is 4. The first-order valence-electron chi connectivity index (χ1n) is 12.4. The normalized spacial score (nSPS) is 40.7. The molecule has 204 valence electrons. The largest absolute Gasteiger partial charge is 0.490 e. The third-order valence-corrected chi connectivity index (χ3v) is 9.36. The van der Waals surface area contributed by atoms with E-state index in [1.807, 2.05) is 0 Å². The maximum atomic E-state index is 17.6. The van der Waals surface area contributed by atoms with Crippen LogP contribution in [0.4, 0.5) is 17.6 Å². The van der Waals surface area contributed by atoms with Crippen molar-refractivity contribution in [2.75, 3.05) is 6.61 Å². The van der Waals surface area contributed by atoms with E-state index in [-0.39, 0.29) is 37.9 Å². The number of carbonyl (C=O) groups excluding carboxylic acids is 4. The molecule has 3 fully saturated rings. The van der Waals surface area contributed by atoms with Gasteiger partial charge < -0.3 is 14.6 Å². The molecule has 0 saturated heterocycles. The maximum absolute atomic E-state index is 17.6. The quantitative estimate of drug-likeness (QED) is 0.427. The highest BCUT2D eigenvalue weighted by Gasteiger charge is 2.75. The second-order valence-electron chi connectivity index (χ2n) is 11.0. The lowest BCUT2D eigenvalue weighted by Gasteiger charge is -2.63. The van der Waals surface area contributed by atoms with Gasteiger partial charge in [-0.15, -0.1) is 0 Å². The van der Waals surface area contributed by atoms with Crippen LogP contribution in [0.25, 0.3) is 0 Å². The number of hydrogen-bond acceptors (Lipinski definition) is 7. The molecule has 7 nitrogen and oxygen atoms in total. The molecule has 0 aromatic rings. The molecule has 0 bridgehead atoms. The number of carbonyl (C=O) groups is 4. The molecule has 4 rings (SSSR count). The van der Waals surface area contributed by atoms with E-state index in [0.717, 1.165) is 6.08 Å². The first-order valence-corrected chi connectivity index (χ1v) is 12.4. The Labute approximate surface area is 211 Å². The topological polar surface area (TPSA) is 107 Å². The van der Waals surface area contributed by atoms with Crippen molar-refractivity contribution in [3.63, 3.8) is 0 Å². The number of hydrogen-bond donors (Lipinski definition) is 1. The van der Waals surface area contributed by atoms with E-state index in [9.17, 15) is 37.5 Å². The zero-order valence-corrected chi connectivity index (χ0v) is 20.8. The van der Waals surface area contributed by atoms with Gasteiger partial charge in [-0.1, -0.05) is 25.5 Å². The fourth-order valence-corrected chi connectivity index (χ4v) is 7.33. The lowest BCUT2D eigenvalue weighted by atomic mass is 9.44. The van der Waals surface area contributed by atoms with Crippen molar-refractivity contribution >= 4 is 23.5 Å². The van der Waals surface area contributed by atoms with Gasteiger partial charge in [-0.05, 0) is 57.1 Å². The third kappa shape index (κ3) is 3.87. The molecule has 0 heterocycles. The summed E-state index contributed by atoms with van der Waals surface area (Å²) in [5.74, 6) is -6.09. The summed E-state index contributed by atoms with van der Waals surface area (Å²) in [6, 6.07) is 0. The Hall–Kier alpha value is -2.56. The van der Waals surface area contributed by atoms with Crippen LogP contribution in [0, 0.1) is 22.7 Å². The predicted molar refractivity (Wildman–Crippen MR) is 119 cm³/mol. The summed E-state index contributed by atoms with van der Waals surface area (Å²) >= 11 is 0. The number of Topliss-reactive ketones (excluding diaryl/α,β-unsaturated/α-hetero) is 1. The van der Waals surface area contributed by atoms with E-state index in [2.05, 4.69) is 0 Å². The van der Waals surface area contributed by atoms with Gasteiger partial charge in [-0.25, -0.2) is 9.18 Å². The molecular formula is C26H30F4O7. The SMILES string of the molecule is CCC(=O)OCC(=O)[C@@]1(O)CC[C@H]2[C@@H]3CCC4=CC(=O)C=C[C@]4(C)[C@@]3(F)C(OC(=O)C(F)(F)F)C[C@@]21C.